The van der Waals surface area contributed by atoms with Crippen LogP contribution >= 0.6 is 0 Å². The van der Waals surface area contributed by atoms with Crippen LogP contribution in [-0.2, 0) is 10.0 Å². The Morgan fingerprint density at radius 1 is 1.30 bits per heavy atom. The van der Waals surface area contributed by atoms with E-state index in [-0.39, 0.29) is 11.7 Å². The molecule has 1 fully saturated rings. The number of nitrogens with zero attached hydrogens (tertiary/aromatic N) is 2. The third kappa shape index (κ3) is 3.64. The molecular weight excluding hydrogens is 310 g/mol. The molecule has 1 saturated heterocycles. The number of nitrogens with one attached hydrogen (secondary N) is 1. The number of benzene rings is 1. The highest BCUT2D eigenvalue weighted by Gasteiger charge is 2.30. The molecule has 1 aromatic carbocycles. The van der Waals surface area contributed by atoms with Crippen molar-refractivity contribution in [2.75, 3.05) is 18.8 Å². The van der Waals surface area contributed by atoms with Gasteiger partial charge in [0.2, 0.25) is 10.0 Å². The predicted molar refractivity (Wildman–Crippen MR) is 91.6 cm³/mol. The number of aromatic nitrogens is 2. The van der Waals surface area contributed by atoms with Crippen LogP contribution in [0.2, 0.25) is 0 Å². The largest absolute Gasteiger partial charge is 0.342 e. The summed E-state index contributed by atoms with van der Waals surface area (Å²) >= 11 is 0. The van der Waals surface area contributed by atoms with Crippen molar-refractivity contribution in [2.45, 2.75) is 32.1 Å². The van der Waals surface area contributed by atoms with Crippen molar-refractivity contribution in [2.24, 2.45) is 0 Å². The van der Waals surface area contributed by atoms with Crippen LogP contribution in [0, 0.1) is 0 Å². The first-order chi connectivity index (χ1) is 11.1. The lowest BCUT2D eigenvalue weighted by Crippen LogP contribution is -2.40. The Bertz CT molecular complexity index is 740. The molecule has 2 heterocycles. The minimum Gasteiger partial charge on any atom is -0.342 e. The molecule has 0 saturated carbocycles. The average molecular weight is 333 g/mol. The zero-order valence-electron chi connectivity index (χ0n) is 13.4. The monoisotopic (exact) mass is 333 g/mol. The first-order valence-electron chi connectivity index (χ1n) is 8.18. The summed E-state index contributed by atoms with van der Waals surface area (Å²) in [6.45, 7) is 3.06. The fourth-order valence-corrected chi connectivity index (χ4v) is 4.70. The molecule has 2 aromatic rings. The highest BCUT2D eigenvalue weighted by molar-refractivity contribution is 7.89. The molecule has 0 radical (unpaired) electrons. The molecular formula is C17H23N3O2S. The van der Waals surface area contributed by atoms with Gasteiger partial charge in [0.25, 0.3) is 0 Å². The maximum atomic E-state index is 12.3. The lowest BCUT2D eigenvalue weighted by molar-refractivity contribution is 0.310. The molecule has 0 unspecified atom stereocenters. The first kappa shape index (κ1) is 16.2. The van der Waals surface area contributed by atoms with E-state index in [1.807, 2.05) is 43.5 Å². The van der Waals surface area contributed by atoms with Crippen molar-refractivity contribution >= 4 is 10.0 Å². The maximum absolute atomic E-state index is 12.3. The number of aromatic amines is 1. The zero-order chi connectivity index (χ0) is 16.3. The predicted octanol–water partition coefficient (Wildman–Crippen LogP) is 3.00. The van der Waals surface area contributed by atoms with E-state index in [2.05, 4.69) is 9.97 Å². The van der Waals surface area contributed by atoms with Gasteiger partial charge in [-0.15, -0.1) is 0 Å². The lowest BCUT2D eigenvalue weighted by Gasteiger charge is -2.30. The second-order valence-electron chi connectivity index (χ2n) is 6.06. The number of imidazole rings is 1. The normalized spacial score (nSPS) is 19.8. The van der Waals surface area contributed by atoms with Gasteiger partial charge < -0.3 is 4.98 Å². The van der Waals surface area contributed by atoms with Crippen LogP contribution in [0.1, 0.15) is 37.9 Å². The van der Waals surface area contributed by atoms with E-state index in [4.69, 9.17) is 0 Å². The third-order valence-corrected chi connectivity index (χ3v) is 6.35. The SMILES string of the molecule is CCCS(=O)(=O)N1CCC[C@H](c2ncc(-c3ccccc3)[nH]2)C1. The van der Waals surface area contributed by atoms with Crippen LogP contribution in [0.5, 0.6) is 0 Å². The summed E-state index contributed by atoms with van der Waals surface area (Å²) in [5.74, 6) is 1.26. The van der Waals surface area contributed by atoms with Crippen molar-refractivity contribution < 1.29 is 8.42 Å². The van der Waals surface area contributed by atoms with Crippen molar-refractivity contribution in [1.29, 1.82) is 0 Å². The van der Waals surface area contributed by atoms with Crippen LogP contribution in [-0.4, -0.2) is 41.5 Å². The topological polar surface area (TPSA) is 66.1 Å². The summed E-state index contributed by atoms with van der Waals surface area (Å²) in [5, 5.41) is 0. The van der Waals surface area contributed by atoms with E-state index in [9.17, 15) is 8.42 Å². The van der Waals surface area contributed by atoms with E-state index in [0.717, 1.165) is 29.9 Å². The minimum absolute atomic E-state index is 0.146. The molecule has 1 aromatic heterocycles. The second-order valence-corrected chi connectivity index (χ2v) is 8.15. The third-order valence-electron chi connectivity index (χ3n) is 4.31. The summed E-state index contributed by atoms with van der Waals surface area (Å²) in [4.78, 5) is 7.87. The fraction of sp³-hybridized carbons (Fsp3) is 0.471. The number of piperidine rings is 1. The van der Waals surface area contributed by atoms with Crippen molar-refractivity contribution in [1.82, 2.24) is 14.3 Å². The van der Waals surface area contributed by atoms with Crippen molar-refractivity contribution in [3.63, 3.8) is 0 Å². The number of hydrogen-bond acceptors (Lipinski definition) is 3. The average Bonchev–Trinajstić information content (AvgIpc) is 3.06. The molecule has 6 heteroatoms. The number of sulfonamides is 1. The molecule has 23 heavy (non-hydrogen) atoms. The lowest BCUT2D eigenvalue weighted by atomic mass is 9.99. The standard InChI is InChI=1S/C17H23N3O2S/c1-2-11-23(21,22)20-10-6-9-15(13-20)17-18-12-16(19-17)14-7-4-3-5-8-14/h3-5,7-8,12,15H,2,6,9-11,13H2,1H3,(H,18,19)/t15-/m0/s1. The van der Waals surface area contributed by atoms with Crippen molar-refractivity contribution in [3.8, 4) is 11.3 Å². The molecule has 1 N–H and O–H groups in total. The minimum atomic E-state index is -3.13. The quantitative estimate of drug-likeness (QED) is 0.915. The van der Waals surface area contributed by atoms with Gasteiger partial charge in [-0.1, -0.05) is 37.3 Å². The highest BCUT2D eigenvalue weighted by Crippen LogP contribution is 2.28. The number of H-pyrrole nitrogens is 1. The molecule has 1 aliphatic heterocycles. The van der Waals surface area contributed by atoms with Crippen LogP contribution in [0.25, 0.3) is 11.3 Å². The van der Waals surface area contributed by atoms with E-state index in [1.165, 1.54) is 0 Å². The molecule has 1 aliphatic rings. The summed E-state index contributed by atoms with van der Waals surface area (Å²) in [6, 6.07) is 10.1. The Balaban J connectivity index is 1.76. The second kappa shape index (κ2) is 6.84. The van der Waals surface area contributed by atoms with Gasteiger partial charge in [-0.05, 0) is 24.8 Å². The summed E-state index contributed by atoms with van der Waals surface area (Å²) < 4.78 is 26.2. The summed E-state index contributed by atoms with van der Waals surface area (Å²) in [5.41, 5.74) is 2.08. The van der Waals surface area contributed by atoms with Gasteiger partial charge in [-0.25, -0.2) is 17.7 Å². The van der Waals surface area contributed by atoms with Crippen LogP contribution in [0.3, 0.4) is 0 Å². The van der Waals surface area contributed by atoms with Crippen LogP contribution in [0.4, 0.5) is 0 Å². The molecule has 0 bridgehead atoms. The molecule has 0 spiro atoms. The summed E-state index contributed by atoms with van der Waals surface area (Å²) in [6.07, 6.45) is 4.35. The van der Waals surface area contributed by atoms with Gasteiger partial charge in [-0.2, -0.15) is 0 Å². The number of hydrogen-bond donors (Lipinski definition) is 1. The Morgan fingerprint density at radius 3 is 2.83 bits per heavy atom. The van der Waals surface area contributed by atoms with E-state index in [1.54, 1.807) is 4.31 Å². The Morgan fingerprint density at radius 2 is 2.09 bits per heavy atom. The van der Waals surface area contributed by atoms with Gasteiger partial charge in [-0.3, -0.25) is 0 Å². The van der Waals surface area contributed by atoms with E-state index in [0.29, 0.717) is 19.5 Å². The van der Waals surface area contributed by atoms with Gasteiger partial charge in [0.1, 0.15) is 5.82 Å². The summed E-state index contributed by atoms with van der Waals surface area (Å²) in [7, 11) is -3.13. The fourth-order valence-electron chi connectivity index (χ4n) is 3.11. The first-order valence-corrected chi connectivity index (χ1v) is 9.79. The van der Waals surface area contributed by atoms with Crippen LogP contribution < -0.4 is 0 Å². The van der Waals surface area contributed by atoms with Crippen molar-refractivity contribution in [3.05, 3.63) is 42.4 Å². The Kier molecular flexibility index (Phi) is 4.82. The van der Waals surface area contributed by atoms with Gasteiger partial charge in [0.15, 0.2) is 0 Å². The van der Waals surface area contributed by atoms with E-state index < -0.39 is 10.0 Å². The Hall–Kier alpha value is -1.66. The Labute approximate surface area is 137 Å². The van der Waals surface area contributed by atoms with Gasteiger partial charge >= 0.3 is 0 Å². The zero-order valence-corrected chi connectivity index (χ0v) is 14.2. The van der Waals surface area contributed by atoms with E-state index >= 15 is 0 Å². The van der Waals surface area contributed by atoms with Crippen LogP contribution in [0.15, 0.2) is 36.5 Å². The van der Waals surface area contributed by atoms with Gasteiger partial charge in [0, 0.05) is 19.0 Å². The highest BCUT2D eigenvalue weighted by atomic mass is 32.2. The molecule has 0 aliphatic carbocycles. The smallest absolute Gasteiger partial charge is 0.214 e. The molecule has 1 atom stereocenters. The van der Waals surface area contributed by atoms with Gasteiger partial charge in [0.05, 0.1) is 17.6 Å². The molecule has 5 nitrogen and oxygen atoms in total. The molecule has 0 amide bonds. The molecule has 124 valence electrons. The number of rotatable bonds is 5. The maximum Gasteiger partial charge on any atom is 0.214 e. The molecule has 3 rings (SSSR count).